The fourth-order valence-electron chi connectivity index (χ4n) is 2.96. The summed E-state index contributed by atoms with van der Waals surface area (Å²) in [6, 6.07) is 6.33. The Bertz CT molecular complexity index is 437. The molecule has 0 aliphatic carbocycles. The van der Waals surface area contributed by atoms with Crippen molar-refractivity contribution in [3.8, 4) is 11.5 Å². The molecule has 2 aliphatic heterocycles. The average Bonchev–Trinajstić information content (AvgIpc) is 3.01. The van der Waals surface area contributed by atoms with E-state index in [9.17, 15) is 0 Å². The third kappa shape index (κ3) is 3.07. The first-order chi connectivity index (χ1) is 9.86. The number of rotatable bonds is 4. The Balaban J connectivity index is 1.78. The molecule has 4 nitrogen and oxygen atoms in total. The van der Waals surface area contributed by atoms with Crippen molar-refractivity contribution in [1.29, 1.82) is 0 Å². The van der Waals surface area contributed by atoms with Gasteiger partial charge in [0.05, 0.1) is 20.3 Å². The van der Waals surface area contributed by atoms with Crippen LogP contribution in [0.4, 0.5) is 0 Å². The van der Waals surface area contributed by atoms with Crippen LogP contribution in [0.5, 0.6) is 11.5 Å². The highest BCUT2D eigenvalue weighted by atomic mass is 16.6. The standard InChI is InChI=1S/C16H23NO3/c1-18-15-5-4-12(13-3-2-7-17-10-13)9-16(15)20-14-6-8-19-11-14/h4-5,9,13-14,17H,2-3,6-8,10-11H2,1H3. The van der Waals surface area contributed by atoms with Gasteiger partial charge in [-0.2, -0.15) is 0 Å². The van der Waals surface area contributed by atoms with Gasteiger partial charge in [-0.15, -0.1) is 0 Å². The summed E-state index contributed by atoms with van der Waals surface area (Å²) < 4.78 is 16.8. The first-order valence-electron chi connectivity index (χ1n) is 7.50. The highest BCUT2D eigenvalue weighted by Gasteiger charge is 2.21. The van der Waals surface area contributed by atoms with Gasteiger partial charge in [-0.1, -0.05) is 6.07 Å². The minimum Gasteiger partial charge on any atom is -0.493 e. The number of piperidine rings is 1. The summed E-state index contributed by atoms with van der Waals surface area (Å²) >= 11 is 0. The lowest BCUT2D eigenvalue weighted by molar-refractivity contribution is 0.138. The summed E-state index contributed by atoms with van der Waals surface area (Å²) in [5.74, 6) is 2.24. The molecule has 0 saturated carbocycles. The van der Waals surface area contributed by atoms with Crippen LogP contribution in [0.25, 0.3) is 0 Å². The average molecular weight is 277 g/mol. The zero-order valence-electron chi connectivity index (χ0n) is 12.1. The molecule has 1 aromatic carbocycles. The summed E-state index contributed by atoms with van der Waals surface area (Å²) in [6.45, 7) is 3.66. The Labute approximate surface area is 120 Å². The minimum atomic E-state index is 0.156. The van der Waals surface area contributed by atoms with Gasteiger partial charge < -0.3 is 19.5 Å². The van der Waals surface area contributed by atoms with E-state index in [-0.39, 0.29) is 6.10 Å². The molecule has 0 aromatic heterocycles. The molecule has 0 spiro atoms. The summed E-state index contributed by atoms with van der Waals surface area (Å²) in [6.07, 6.45) is 3.59. The Morgan fingerprint density at radius 3 is 2.90 bits per heavy atom. The van der Waals surface area contributed by atoms with E-state index in [2.05, 4.69) is 17.4 Å². The van der Waals surface area contributed by atoms with Gasteiger partial charge in [0.1, 0.15) is 6.10 Å². The van der Waals surface area contributed by atoms with Gasteiger partial charge in [-0.3, -0.25) is 0 Å². The van der Waals surface area contributed by atoms with Gasteiger partial charge in [-0.05, 0) is 43.0 Å². The number of benzene rings is 1. The highest BCUT2D eigenvalue weighted by molar-refractivity contribution is 5.44. The largest absolute Gasteiger partial charge is 0.493 e. The SMILES string of the molecule is COc1ccc(C2CCCNC2)cc1OC1CCOC1. The van der Waals surface area contributed by atoms with Gasteiger partial charge in [-0.25, -0.2) is 0 Å². The molecule has 2 saturated heterocycles. The second-order valence-electron chi connectivity index (χ2n) is 5.56. The molecule has 110 valence electrons. The van der Waals surface area contributed by atoms with Crippen molar-refractivity contribution < 1.29 is 14.2 Å². The second-order valence-corrected chi connectivity index (χ2v) is 5.56. The van der Waals surface area contributed by atoms with Crippen molar-refractivity contribution in [1.82, 2.24) is 5.32 Å². The van der Waals surface area contributed by atoms with E-state index in [0.29, 0.717) is 12.5 Å². The zero-order chi connectivity index (χ0) is 13.8. The Kier molecular flexibility index (Phi) is 4.43. The van der Waals surface area contributed by atoms with Crippen molar-refractivity contribution in [3.63, 3.8) is 0 Å². The number of hydrogen-bond donors (Lipinski definition) is 1. The van der Waals surface area contributed by atoms with Crippen LogP contribution in [0.1, 0.15) is 30.7 Å². The minimum absolute atomic E-state index is 0.156. The lowest BCUT2D eigenvalue weighted by atomic mass is 9.91. The molecule has 2 fully saturated rings. The van der Waals surface area contributed by atoms with Gasteiger partial charge in [0, 0.05) is 13.0 Å². The van der Waals surface area contributed by atoms with Crippen LogP contribution in [-0.4, -0.2) is 39.5 Å². The third-order valence-electron chi connectivity index (χ3n) is 4.14. The molecule has 1 N–H and O–H groups in total. The smallest absolute Gasteiger partial charge is 0.161 e. The molecule has 0 amide bonds. The van der Waals surface area contributed by atoms with Crippen molar-refractivity contribution in [3.05, 3.63) is 23.8 Å². The van der Waals surface area contributed by atoms with Crippen LogP contribution in [0, 0.1) is 0 Å². The Hall–Kier alpha value is -1.26. The van der Waals surface area contributed by atoms with Gasteiger partial charge in [0.2, 0.25) is 0 Å². The van der Waals surface area contributed by atoms with Crippen molar-refractivity contribution in [2.24, 2.45) is 0 Å². The normalized spacial score (nSPS) is 26.4. The van der Waals surface area contributed by atoms with E-state index >= 15 is 0 Å². The molecule has 4 heteroatoms. The maximum absolute atomic E-state index is 6.06. The molecule has 3 rings (SSSR count). The second kappa shape index (κ2) is 6.46. The number of methoxy groups -OCH3 is 1. The molecule has 2 unspecified atom stereocenters. The molecule has 0 radical (unpaired) electrons. The summed E-state index contributed by atoms with van der Waals surface area (Å²) in [7, 11) is 1.69. The fourth-order valence-corrected chi connectivity index (χ4v) is 2.96. The Morgan fingerprint density at radius 1 is 1.25 bits per heavy atom. The summed E-state index contributed by atoms with van der Waals surface area (Å²) in [4.78, 5) is 0. The topological polar surface area (TPSA) is 39.7 Å². The van der Waals surface area contributed by atoms with Gasteiger partial charge in [0.25, 0.3) is 0 Å². The van der Waals surface area contributed by atoms with Crippen molar-refractivity contribution in [2.45, 2.75) is 31.3 Å². The summed E-state index contributed by atoms with van der Waals surface area (Å²) in [5.41, 5.74) is 1.34. The number of hydrogen-bond acceptors (Lipinski definition) is 4. The van der Waals surface area contributed by atoms with Gasteiger partial charge in [0.15, 0.2) is 11.5 Å². The molecule has 2 heterocycles. The molecular formula is C16H23NO3. The van der Waals surface area contributed by atoms with Crippen LogP contribution in [0.2, 0.25) is 0 Å². The van der Waals surface area contributed by atoms with Gasteiger partial charge >= 0.3 is 0 Å². The number of nitrogens with one attached hydrogen (secondary N) is 1. The third-order valence-corrected chi connectivity index (χ3v) is 4.14. The monoisotopic (exact) mass is 277 g/mol. The van der Waals surface area contributed by atoms with E-state index < -0.39 is 0 Å². The predicted molar refractivity (Wildman–Crippen MR) is 77.7 cm³/mol. The van der Waals surface area contributed by atoms with Crippen LogP contribution < -0.4 is 14.8 Å². The number of ether oxygens (including phenoxy) is 3. The Morgan fingerprint density at radius 2 is 2.20 bits per heavy atom. The zero-order valence-corrected chi connectivity index (χ0v) is 12.1. The van der Waals surface area contributed by atoms with E-state index in [4.69, 9.17) is 14.2 Å². The quantitative estimate of drug-likeness (QED) is 0.917. The summed E-state index contributed by atoms with van der Waals surface area (Å²) in [5, 5.41) is 3.46. The lowest BCUT2D eigenvalue weighted by Crippen LogP contribution is -2.28. The van der Waals surface area contributed by atoms with Crippen molar-refractivity contribution >= 4 is 0 Å². The molecule has 0 bridgehead atoms. The first kappa shape index (κ1) is 13.7. The molecular weight excluding hydrogens is 254 g/mol. The van der Waals surface area contributed by atoms with Crippen LogP contribution in [0.3, 0.4) is 0 Å². The fraction of sp³-hybridized carbons (Fsp3) is 0.625. The van der Waals surface area contributed by atoms with E-state index in [1.54, 1.807) is 7.11 Å². The lowest BCUT2D eigenvalue weighted by Gasteiger charge is -2.24. The molecule has 2 aliphatic rings. The maximum Gasteiger partial charge on any atom is 0.161 e. The molecule has 2 atom stereocenters. The van der Waals surface area contributed by atoms with Crippen LogP contribution in [-0.2, 0) is 4.74 Å². The molecule has 1 aromatic rings. The van der Waals surface area contributed by atoms with E-state index in [0.717, 1.165) is 37.6 Å². The van der Waals surface area contributed by atoms with Crippen LogP contribution in [0.15, 0.2) is 18.2 Å². The highest BCUT2D eigenvalue weighted by Crippen LogP contribution is 2.34. The predicted octanol–water partition coefficient (Wildman–Crippen LogP) is 2.33. The first-order valence-corrected chi connectivity index (χ1v) is 7.50. The van der Waals surface area contributed by atoms with Crippen LogP contribution >= 0.6 is 0 Å². The van der Waals surface area contributed by atoms with E-state index in [1.807, 2.05) is 6.07 Å². The molecule has 20 heavy (non-hydrogen) atoms. The van der Waals surface area contributed by atoms with E-state index in [1.165, 1.54) is 18.4 Å². The maximum atomic E-state index is 6.06. The van der Waals surface area contributed by atoms with Crippen molar-refractivity contribution in [2.75, 3.05) is 33.4 Å².